The Morgan fingerprint density at radius 3 is 2.67 bits per heavy atom. The number of piperidine rings is 1. The number of hydrogen-bond acceptors (Lipinski definition) is 5. The lowest BCUT2D eigenvalue weighted by Crippen LogP contribution is -2.59. The van der Waals surface area contributed by atoms with Crippen molar-refractivity contribution in [2.45, 2.75) is 63.1 Å². The Bertz CT molecular complexity index is 793. The number of halogens is 3. The van der Waals surface area contributed by atoms with E-state index >= 15 is 0 Å². The van der Waals surface area contributed by atoms with Crippen LogP contribution in [-0.2, 0) is 26.2 Å². The highest BCUT2D eigenvalue weighted by molar-refractivity contribution is 5.73. The first-order chi connectivity index (χ1) is 14.1. The fourth-order valence-electron chi connectivity index (χ4n) is 5.17. The summed E-state index contributed by atoms with van der Waals surface area (Å²) in [5.74, 6) is -1.48. The number of fused-ring (bicyclic) bond motifs is 1. The Hall–Kier alpha value is -2.29. The summed E-state index contributed by atoms with van der Waals surface area (Å²) in [6, 6.07) is 7.09. The minimum Gasteiger partial charge on any atom is -0.475 e. The molecule has 3 atom stereocenters. The minimum atomic E-state index is -5.08. The van der Waals surface area contributed by atoms with E-state index in [1.807, 2.05) is 6.07 Å². The van der Waals surface area contributed by atoms with Crippen LogP contribution in [0.5, 0.6) is 5.75 Å². The molecule has 1 heterocycles. The van der Waals surface area contributed by atoms with Crippen LogP contribution in [0.15, 0.2) is 18.2 Å². The molecule has 0 aromatic heterocycles. The first-order valence-electron chi connectivity index (χ1n) is 10.1. The summed E-state index contributed by atoms with van der Waals surface area (Å²) >= 11 is 0. The third-order valence-corrected chi connectivity index (χ3v) is 6.35. The number of ether oxygens (including phenoxy) is 2. The Kier molecular flexibility index (Phi) is 6.59. The molecule has 0 radical (unpaired) electrons. The molecule has 0 amide bonds. The van der Waals surface area contributed by atoms with E-state index in [1.54, 1.807) is 0 Å². The smallest absolute Gasteiger partial charge is 0.475 e. The van der Waals surface area contributed by atoms with E-state index in [2.05, 4.69) is 17.4 Å². The number of hydrogen-bond donors (Lipinski definition) is 2. The molecular weight excluding hydrogens is 403 g/mol. The van der Waals surface area contributed by atoms with Crippen LogP contribution in [0, 0.1) is 5.92 Å². The molecule has 30 heavy (non-hydrogen) atoms. The van der Waals surface area contributed by atoms with E-state index in [0.717, 1.165) is 24.6 Å². The van der Waals surface area contributed by atoms with Gasteiger partial charge in [-0.2, -0.15) is 13.2 Å². The largest absolute Gasteiger partial charge is 0.490 e. The van der Waals surface area contributed by atoms with Crippen molar-refractivity contribution in [2.24, 2.45) is 5.92 Å². The first kappa shape index (κ1) is 22.4. The fourth-order valence-corrected chi connectivity index (χ4v) is 5.17. The van der Waals surface area contributed by atoms with Crippen LogP contribution < -0.4 is 10.1 Å². The van der Waals surface area contributed by atoms with Gasteiger partial charge in [-0.05, 0) is 61.4 Å². The zero-order chi connectivity index (χ0) is 21.9. The number of esters is 1. The molecule has 3 aliphatic rings. The van der Waals surface area contributed by atoms with Gasteiger partial charge in [0.05, 0.1) is 0 Å². The number of alkyl halides is 3. The second-order valence-corrected chi connectivity index (χ2v) is 8.04. The average Bonchev–Trinajstić information content (AvgIpc) is 2.68. The van der Waals surface area contributed by atoms with Crippen molar-refractivity contribution in [3.63, 3.8) is 0 Å². The lowest BCUT2D eigenvalue weighted by molar-refractivity contribution is -0.192. The summed E-state index contributed by atoms with van der Waals surface area (Å²) in [6.07, 6.45) is 2.62. The quantitative estimate of drug-likeness (QED) is 0.565. The van der Waals surface area contributed by atoms with Gasteiger partial charge in [0.1, 0.15) is 5.75 Å². The molecule has 1 saturated carbocycles. The zero-order valence-corrected chi connectivity index (χ0v) is 16.8. The summed E-state index contributed by atoms with van der Waals surface area (Å²) in [5.41, 5.74) is 3.31. The molecule has 2 N–H and O–H groups in total. The topological polar surface area (TPSA) is 84.9 Å². The molecule has 9 heteroatoms. The molecule has 2 bridgehead atoms. The molecule has 4 rings (SSSR count). The Labute approximate surface area is 172 Å². The monoisotopic (exact) mass is 429 g/mol. The summed E-state index contributed by atoms with van der Waals surface area (Å²) in [7, 11) is 0. The molecule has 1 aromatic carbocycles. The van der Waals surface area contributed by atoms with Gasteiger partial charge in [0.2, 0.25) is 6.79 Å². The van der Waals surface area contributed by atoms with Gasteiger partial charge in [0.15, 0.2) is 0 Å². The predicted molar refractivity (Wildman–Crippen MR) is 101 cm³/mol. The van der Waals surface area contributed by atoms with Crippen LogP contribution >= 0.6 is 0 Å². The summed E-state index contributed by atoms with van der Waals surface area (Å²) < 4.78 is 42.3. The lowest BCUT2D eigenvalue weighted by atomic mass is 9.53. The third kappa shape index (κ3) is 4.71. The zero-order valence-electron chi connectivity index (χ0n) is 16.8. The van der Waals surface area contributed by atoms with E-state index in [4.69, 9.17) is 19.4 Å². The molecule has 2 aliphatic carbocycles. The standard InChI is InChI=1S/C19H25NO3.C2HF3O2/c1-13(21)22-12-23-15-6-5-14-10-18-16-4-2-3-7-19(16,8-9-20-18)17(14)11-15;3-2(4,5)1(6)7/h5-6,11,16,18,20H,2-4,7-10,12H2,1H3;(H,6,7)/t16-,18-,19+;/m1./s1. The second kappa shape index (κ2) is 8.83. The van der Waals surface area contributed by atoms with Crippen LogP contribution in [0.1, 0.15) is 50.2 Å². The van der Waals surface area contributed by atoms with E-state index in [1.165, 1.54) is 50.2 Å². The number of carboxylic acids is 1. The summed E-state index contributed by atoms with van der Waals surface area (Å²) in [4.78, 5) is 19.8. The van der Waals surface area contributed by atoms with E-state index < -0.39 is 12.1 Å². The van der Waals surface area contributed by atoms with E-state index in [0.29, 0.717) is 11.5 Å². The lowest BCUT2D eigenvalue weighted by Gasteiger charge is -2.56. The Morgan fingerprint density at radius 2 is 2.00 bits per heavy atom. The number of rotatable bonds is 3. The Morgan fingerprint density at radius 1 is 1.27 bits per heavy atom. The number of benzene rings is 1. The number of carbonyl (C=O) groups is 2. The number of carboxylic acid groups (broad SMARTS) is 1. The molecule has 1 aromatic rings. The van der Waals surface area contributed by atoms with Crippen molar-refractivity contribution in [1.29, 1.82) is 0 Å². The minimum absolute atomic E-state index is 0.00523. The molecule has 0 spiro atoms. The average molecular weight is 429 g/mol. The van der Waals surface area contributed by atoms with Crippen molar-refractivity contribution >= 4 is 11.9 Å². The highest BCUT2D eigenvalue weighted by Crippen LogP contribution is 2.54. The van der Waals surface area contributed by atoms with Crippen molar-refractivity contribution in [3.8, 4) is 5.75 Å². The normalized spacial score (nSPS) is 26.9. The fraction of sp³-hybridized carbons (Fsp3) is 0.619. The van der Waals surface area contributed by atoms with E-state index in [-0.39, 0.29) is 12.8 Å². The molecule has 166 valence electrons. The maximum absolute atomic E-state index is 10.9. The van der Waals surface area contributed by atoms with Gasteiger partial charge in [-0.1, -0.05) is 18.9 Å². The SMILES string of the molecule is CC(=O)OCOc1ccc2c(c1)[C@]13CCCC[C@@H]1[C@@H](C2)NCC3.O=C(O)C(F)(F)F. The van der Waals surface area contributed by atoms with Gasteiger partial charge >= 0.3 is 18.1 Å². The van der Waals surface area contributed by atoms with Crippen LogP contribution in [-0.4, -0.2) is 42.6 Å². The van der Waals surface area contributed by atoms with E-state index in [9.17, 15) is 18.0 Å². The maximum Gasteiger partial charge on any atom is 0.490 e. The van der Waals surface area contributed by atoms with Crippen molar-refractivity contribution in [2.75, 3.05) is 13.3 Å². The third-order valence-electron chi connectivity index (χ3n) is 6.35. The van der Waals surface area contributed by atoms with Gasteiger partial charge in [-0.15, -0.1) is 0 Å². The maximum atomic E-state index is 10.9. The van der Waals surface area contributed by atoms with Crippen molar-refractivity contribution in [1.82, 2.24) is 5.32 Å². The molecule has 1 saturated heterocycles. The number of carbonyl (C=O) groups excluding carboxylic acids is 1. The van der Waals surface area contributed by atoms with Crippen molar-refractivity contribution < 1.29 is 37.3 Å². The van der Waals surface area contributed by atoms with Crippen LogP contribution in [0.25, 0.3) is 0 Å². The highest BCUT2D eigenvalue weighted by atomic mass is 19.4. The first-order valence-corrected chi connectivity index (χ1v) is 10.1. The van der Waals surface area contributed by atoms with Crippen molar-refractivity contribution in [3.05, 3.63) is 29.3 Å². The van der Waals surface area contributed by atoms with Gasteiger partial charge in [-0.25, -0.2) is 4.79 Å². The predicted octanol–water partition coefficient (Wildman–Crippen LogP) is 3.57. The molecule has 1 aliphatic heterocycles. The van der Waals surface area contributed by atoms with Gasteiger partial charge in [-0.3, -0.25) is 4.79 Å². The van der Waals surface area contributed by atoms with Crippen LogP contribution in [0.3, 0.4) is 0 Å². The molecular formula is C21H26F3NO5. The Balaban J connectivity index is 0.000000318. The second-order valence-electron chi connectivity index (χ2n) is 8.04. The van der Waals surface area contributed by atoms with Gasteiger partial charge < -0.3 is 19.9 Å². The summed E-state index contributed by atoms with van der Waals surface area (Å²) in [6.45, 7) is 2.52. The number of nitrogens with one attached hydrogen (secondary N) is 1. The van der Waals surface area contributed by atoms with Gasteiger partial charge in [0, 0.05) is 18.4 Å². The summed E-state index contributed by atoms with van der Waals surface area (Å²) in [5, 5.41) is 10.9. The van der Waals surface area contributed by atoms with Crippen LogP contribution in [0.4, 0.5) is 13.2 Å². The highest BCUT2D eigenvalue weighted by Gasteiger charge is 2.51. The molecule has 6 nitrogen and oxygen atoms in total. The van der Waals surface area contributed by atoms with Gasteiger partial charge in [0.25, 0.3) is 0 Å². The molecule has 2 fully saturated rings. The molecule has 0 unspecified atom stereocenters. The van der Waals surface area contributed by atoms with Crippen LogP contribution in [0.2, 0.25) is 0 Å². The number of aliphatic carboxylic acids is 1.